The van der Waals surface area contributed by atoms with Crippen LogP contribution in [0, 0.1) is 0 Å². The van der Waals surface area contributed by atoms with Gasteiger partial charge in [0.2, 0.25) is 0 Å². The molecule has 0 saturated carbocycles. The number of hydrogen-bond acceptors (Lipinski definition) is 4. The van der Waals surface area contributed by atoms with Gasteiger partial charge >= 0.3 is 0 Å². The third-order valence-corrected chi connectivity index (χ3v) is 3.52. The Labute approximate surface area is 117 Å². The van der Waals surface area contributed by atoms with Crippen LogP contribution in [0.5, 0.6) is 0 Å². The molecular weight excluding hydrogens is 267 g/mol. The number of amides is 2. The first-order valence-corrected chi connectivity index (χ1v) is 7.09. The van der Waals surface area contributed by atoms with Gasteiger partial charge < -0.3 is 20.1 Å². The molecule has 2 atom stereocenters. The highest BCUT2D eigenvalue weighted by Gasteiger charge is 2.28. The molecule has 0 aromatic carbocycles. The van der Waals surface area contributed by atoms with Crippen LogP contribution in [0.25, 0.3) is 0 Å². The highest BCUT2D eigenvalue weighted by Crippen LogP contribution is 2.11. The van der Waals surface area contributed by atoms with Crippen molar-refractivity contribution in [3.8, 4) is 0 Å². The average Bonchev–Trinajstić information content (AvgIpc) is 3.14. The molecule has 20 heavy (non-hydrogen) atoms. The van der Waals surface area contributed by atoms with Crippen LogP contribution in [0.4, 0.5) is 4.39 Å². The first-order valence-electron chi connectivity index (χ1n) is 7.09. The summed E-state index contributed by atoms with van der Waals surface area (Å²) in [6.45, 7) is 1.83. The monoisotopic (exact) mass is 288 g/mol. The molecule has 2 N–H and O–H groups in total. The molecule has 2 saturated heterocycles. The van der Waals surface area contributed by atoms with Crippen molar-refractivity contribution in [2.45, 2.75) is 44.1 Å². The SMILES string of the molecule is O=C(NCC1CCCO1)C(F)C(=O)NCC1CCCO1. The molecule has 2 rings (SSSR count). The molecule has 7 heteroatoms. The maximum atomic E-state index is 13.6. The number of nitrogens with one attached hydrogen (secondary N) is 2. The van der Waals surface area contributed by atoms with Gasteiger partial charge in [0.25, 0.3) is 18.0 Å². The molecule has 114 valence electrons. The zero-order valence-electron chi connectivity index (χ0n) is 11.4. The Morgan fingerprint density at radius 3 is 1.80 bits per heavy atom. The van der Waals surface area contributed by atoms with Crippen molar-refractivity contribution in [2.24, 2.45) is 0 Å². The maximum Gasteiger partial charge on any atom is 0.264 e. The van der Waals surface area contributed by atoms with Gasteiger partial charge in [-0.3, -0.25) is 9.59 Å². The first kappa shape index (κ1) is 15.2. The van der Waals surface area contributed by atoms with Gasteiger partial charge in [-0.2, -0.15) is 0 Å². The molecule has 0 aromatic rings. The normalized spacial score (nSPS) is 27.2. The highest BCUT2D eigenvalue weighted by molar-refractivity contribution is 6.03. The van der Waals surface area contributed by atoms with Crippen molar-refractivity contribution in [3.63, 3.8) is 0 Å². The van der Waals surface area contributed by atoms with E-state index in [1.807, 2.05) is 0 Å². The van der Waals surface area contributed by atoms with Gasteiger partial charge in [0, 0.05) is 26.3 Å². The fourth-order valence-corrected chi connectivity index (χ4v) is 2.34. The Balaban J connectivity index is 1.64. The minimum atomic E-state index is -2.18. The number of ether oxygens (including phenoxy) is 2. The highest BCUT2D eigenvalue weighted by atomic mass is 19.1. The quantitative estimate of drug-likeness (QED) is 0.670. The average molecular weight is 288 g/mol. The Kier molecular flexibility index (Phi) is 5.72. The van der Waals surface area contributed by atoms with Crippen LogP contribution < -0.4 is 10.6 Å². The van der Waals surface area contributed by atoms with Crippen molar-refractivity contribution in [1.29, 1.82) is 0 Å². The van der Waals surface area contributed by atoms with Crippen LogP contribution in [0.2, 0.25) is 0 Å². The fourth-order valence-electron chi connectivity index (χ4n) is 2.34. The Morgan fingerprint density at radius 1 is 1.00 bits per heavy atom. The van der Waals surface area contributed by atoms with Crippen molar-refractivity contribution in [2.75, 3.05) is 26.3 Å². The lowest BCUT2D eigenvalue weighted by molar-refractivity contribution is -0.137. The number of rotatable bonds is 6. The second kappa shape index (κ2) is 7.54. The third kappa shape index (κ3) is 4.42. The lowest BCUT2D eigenvalue weighted by Crippen LogP contribution is -2.46. The standard InChI is InChI=1S/C13H21FN2O4/c14-11(12(17)15-7-9-3-1-5-19-9)13(18)16-8-10-4-2-6-20-10/h9-11H,1-8H2,(H,15,17)(H,16,18). The van der Waals surface area contributed by atoms with E-state index in [0.717, 1.165) is 25.7 Å². The van der Waals surface area contributed by atoms with Crippen LogP contribution in [-0.2, 0) is 19.1 Å². The molecule has 2 heterocycles. The van der Waals surface area contributed by atoms with Gasteiger partial charge in [-0.1, -0.05) is 0 Å². The van der Waals surface area contributed by atoms with E-state index in [-0.39, 0.29) is 25.3 Å². The fraction of sp³-hybridized carbons (Fsp3) is 0.846. The van der Waals surface area contributed by atoms with Crippen molar-refractivity contribution < 1.29 is 23.5 Å². The second-order valence-electron chi connectivity index (χ2n) is 5.12. The molecule has 2 unspecified atom stereocenters. The van der Waals surface area contributed by atoms with E-state index in [1.165, 1.54) is 0 Å². The summed E-state index contributed by atoms with van der Waals surface area (Å²) >= 11 is 0. The zero-order chi connectivity index (χ0) is 14.4. The minimum Gasteiger partial charge on any atom is -0.376 e. The molecule has 2 aliphatic rings. The Morgan fingerprint density at radius 2 is 1.45 bits per heavy atom. The third-order valence-electron chi connectivity index (χ3n) is 3.52. The van der Waals surface area contributed by atoms with E-state index in [2.05, 4.69) is 10.6 Å². The summed E-state index contributed by atoms with van der Waals surface area (Å²) in [4.78, 5) is 23.0. The van der Waals surface area contributed by atoms with Crippen LogP contribution >= 0.6 is 0 Å². The molecule has 6 nitrogen and oxygen atoms in total. The molecule has 0 spiro atoms. The van der Waals surface area contributed by atoms with Gasteiger partial charge in [0.15, 0.2) is 0 Å². The first-order chi connectivity index (χ1) is 9.66. The summed E-state index contributed by atoms with van der Waals surface area (Å²) in [5, 5.41) is 4.80. The van der Waals surface area contributed by atoms with Crippen LogP contribution in [-0.4, -0.2) is 56.5 Å². The van der Waals surface area contributed by atoms with Crippen LogP contribution in [0.1, 0.15) is 25.7 Å². The zero-order valence-corrected chi connectivity index (χ0v) is 11.4. The smallest absolute Gasteiger partial charge is 0.264 e. The number of carbonyl (C=O) groups is 2. The molecular formula is C13H21FN2O4. The van der Waals surface area contributed by atoms with Crippen LogP contribution in [0.3, 0.4) is 0 Å². The number of hydrogen-bond donors (Lipinski definition) is 2. The summed E-state index contributed by atoms with van der Waals surface area (Å²) in [6, 6.07) is 0. The molecule has 0 radical (unpaired) electrons. The van der Waals surface area contributed by atoms with E-state index in [0.29, 0.717) is 13.2 Å². The molecule has 2 amide bonds. The van der Waals surface area contributed by atoms with E-state index >= 15 is 0 Å². The molecule has 0 aromatic heterocycles. The topological polar surface area (TPSA) is 76.7 Å². The van der Waals surface area contributed by atoms with Gasteiger partial charge in [0.1, 0.15) is 0 Å². The second-order valence-corrected chi connectivity index (χ2v) is 5.12. The summed E-state index contributed by atoms with van der Waals surface area (Å²) in [6.07, 6.45) is 1.27. The summed E-state index contributed by atoms with van der Waals surface area (Å²) < 4.78 is 24.2. The van der Waals surface area contributed by atoms with Gasteiger partial charge in [-0.05, 0) is 25.7 Å². The lowest BCUT2D eigenvalue weighted by atomic mass is 10.2. The van der Waals surface area contributed by atoms with E-state index in [1.54, 1.807) is 0 Å². The largest absolute Gasteiger partial charge is 0.376 e. The summed E-state index contributed by atoms with van der Waals surface area (Å²) in [5.74, 6) is -1.82. The Hall–Kier alpha value is -1.21. The summed E-state index contributed by atoms with van der Waals surface area (Å²) in [7, 11) is 0. The van der Waals surface area contributed by atoms with Gasteiger partial charge in [-0.25, -0.2) is 4.39 Å². The van der Waals surface area contributed by atoms with E-state index in [4.69, 9.17) is 9.47 Å². The summed E-state index contributed by atoms with van der Waals surface area (Å²) in [5.41, 5.74) is 0. The lowest BCUT2D eigenvalue weighted by Gasteiger charge is -2.14. The van der Waals surface area contributed by atoms with Crippen LogP contribution in [0.15, 0.2) is 0 Å². The maximum absolute atomic E-state index is 13.6. The van der Waals surface area contributed by atoms with E-state index < -0.39 is 18.0 Å². The minimum absolute atomic E-state index is 0.0684. The molecule has 2 fully saturated rings. The van der Waals surface area contributed by atoms with E-state index in [9.17, 15) is 14.0 Å². The molecule has 2 aliphatic heterocycles. The molecule has 0 bridgehead atoms. The van der Waals surface area contributed by atoms with Crippen molar-refractivity contribution in [3.05, 3.63) is 0 Å². The number of halogens is 1. The van der Waals surface area contributed by atoms with Crippen molar-refractivity contribution >= 4 is 11.8 Å². The predicted octanol–water partition coefficient (Wildman–Crippen LogP) is -0.0851. The number of alkyl halides is 1. The van der Waals surface area contributed by atoms with Gasteiger partial charge in [-0.15, -0.1) is 0 Å². The number of carbonyl (C=O) groups excluding carboxylic acids is 2. The predicted molar refractivity (Wildman–Crippen MR) is 68.9 cm³/mol. The van der Waals surface area contributed by atoms with Crippen molar-refractivity contribution in [1.82, 2.24) is 10.6 Å². The molecule has 0 aliphatic carbocycles. The van der Waals surface area contributed by atoms with Gasteiger partial charge in [0.05, 0.1) is 12.2 Å². The Bertz CT molecular complexity index is 309.